The van der Waals surface area contributed by atoms with Gasteiger partial charge in [0.05, 0.1) is 0 Å². The summed E-state index contributed by atoms with van der Waals surface area (Å²) >= 11 is 11.9. The summed E-state index contributed by atoms with van der Waals surface area (Å²) in [6, 6.07) is 5.97. The van der Waals surface area contributed by atoms with Crippen molar-refractivity contribution in [3.8, 4) is 0 Å². The molecule has 1 saturated heterocycles. The van der Waals surface area contributed by atoms with Gasteiger partial charge in [0.1, 0.15) is 0 Å². The maximum Gasteiger partial charge on any atom is 0.220 e. The van der Waals surface area contributed by atoms with Crippen LogP contribution in [0.4, 0.5) is 0 Å². The van der Waals surface area contributed by atoms with E-state index in [1.165, 1.54) is 12.8 Å². The number of halogens is 2. The van der Waals surface area contributed by atoms with Gasteiger partial charge in [0.15, 0.2) is 0 Å². The van der Waals surface area contributed by atoms with Crippen molar-refractivity contribution in [2.75, 3.05) is 13.1 Å². The molecule has 1 atom stereocenters. The van der Waals surface area contributed by atoms with Crippen molar-refractivity contribution in [2.24, 2.45) is 0 Å². The second-order valence-electron chi connectivity index (χ2n) is 5.17. The van der Waals surface area contributed by atoms with Crippen LogP contribution >= 0.6 is 23.2 Å². The van der Waals surface area contributed by atoms with Crippen LogP contribution in [0.2, 0.25) is 10.0 Å². The standard InChI is InChI=1S/C15H20Cl2N2O/c16-12-4-3-11(14(17)10-12)7-9-19-15(20)6-5-13-2-1-8-18-13/h3-4,10,13,18H,1-2,5-9H2,(H,19,20). The van der Waals surface area contributed by atoms with E-state index in [0.29, 0.717) is 29.1 Å². The maximum absolute atomic E-state index is 11.7. The minimum absolute atomic E-state index is 0.115. The van der Waals surface area contributed by atoms with E-state index in [4.69, 9.17) is 23.2 Å². The van der Waals surface area contributed by atoms with Crippen LogP contribution in [-0.4, -0.2) is 25.0 Å². The molecule has 1 amide bonds. The number of hydrogen-bond donors (Lipinski definition) is 2. The van der Waals surface area contributed by atoms with Crippen molar-refractivity contribution in [1.82, 2.24) is 10.6 Å². The minimum Gasteiger partial charge on any atom is -0.356 e. The number of carbonyl (C=O) groups is 1. The molecule has 2 rings (SSSR count). The van der Waals surface area contributed by atoms with Crippen molar-refractivity contribution in [1.29, 1.82) is 0 Å². The van der Waals surface area contributed by atoms with Crippen molar-refractivity contribution < 1.29 is 4.79 Å². The number of benzene rings is 1. The lowest BCUT2D eigenvalue weighted by Crippen LogP contribution is -2.28. The zero-order valence-electron chi connectivity index (χ0n) is 11.4. The molecule has 0 aromatic heterocycles. The summed E-state index contributed by atoms with van der Waals surface area (Å²) in [5.74, 6) is 0.115. The molecule has 5 heteroatoms. The van der Waals surface area contributed by atoms with Gasteiger partial charge in [-0.15, -0.1) is 0 Å². The Morgan fingerprint density at radius 3 is 2.95 bits per heavy atom. The van der Waals surface area contributed by atoms with E-state index in [1.807, 2.05) is 12.1 Å². The molecule has 1 heterocycles. The fourth-order valence-corrected chi connectivity index (χ4v) is 2.96. The number of hydrogen-bond acceptors (Lipinski definition) is 2. The van der Waals surface area contributed by atoms with Gasteiger partial charge in [-0.2, -0.15) is 0 Å². The van der Waals surface area contributed by atoms with Crippen molar-refractivity contribution in [3.63, 3.8) is 0 Å². The Balaban J connectivity index is 1.65. The topological polar surface area (TPSA) is 41.1 Å². The van der Waals surface area contributed by atoms with E-state index >= 15 is 0 Å². The van der Waals surface area contributed by atoms with Gasteiger partial charge in [-0.1, -0.05) is 29.3 Å². The lowest BCUT2D eigenvalue weighted by atomic mass is 10.1. The maximum atomic E-state index is 11.7. The van der Waals surface area contributed by atoms with Gasteiger partial charge in [0.25, 0.3) is 0 Å². The quantitative estimate of drug-likeness (QED) is 0.846. The highest BCUT2D eigenvalue weighted by atomic mass is 35.5. The van der Waals surface area contributed by atoms with Crippen molar-refractivity contribution in [2.45, 2.75) is 38.1 Å². The Bertz CT molecular complexity index is 459. The summed E-state index contributed by atoms with van der Waals surface area (Å²) in [7, 11) is 0. The van der Waals surface area contributed by atoms with Crippen molar-refractivity contribution >= 4 is 29.1 Å². The van der Waals surface area contributed by atoms with Crippen LogP contribution in [0.15, 0.2) is 18.2 Å². The van der Waals surface area contributed by atoms with Crippen LogP contribution in [0.3, 0.4) is 0 Å². The van der Waals surface area contributed by atoms with Gasteiger partial charge >= 0.3 is 0 Å². The Morgan fingerprint density at radius 2 is 2.25 bits per heavy atom. The van der Waals surface area contributed by atoms with Gasteiger partial charge in [-0.3, -0.25) is 4.79 Å². The molecule has 1 aromatic rings. The van der Waals surface area contributed by atoms with Crippen LogP contribution in [0.1, 0.15) is 31.2 Å². The summed E-state index contributed by atoms with van der Waals surface area (Å²) in [6.07, 6.45) is 4.65. The zero-order chi connectivity index (χ0) is 14.4. The Hall–Kier alpha value is -0.770. The number of rotatable bonds is 6. The molecule has 2 N–H and O–H groups in total. The molecular weight excluding hydrogens is 295 g/mol. The summed E-state index contributed by atoms with van der Waals surface area (Å²) in [6.45, 7) is 1.69. The molecule has 110 valence electrons. The molecule has 0 saturated carbocycles. The second kappa shape index (κ2) is 7.87. The summed E-state index contributed by atoms with van der Waals surface area (Å²) < 4.78 is 0. The third-order valence-corrected chi connectivity index (χ3v) is 4.20. The summed E-state index contributed by atoms with van der Waals surface area (Å²) in [5, 5.41) is 7.62. The van der Waals surface area contributed by atoms with Crippen LogP contribution < -0.4 is 10.6 Å². The third kappa shape index (κ3) is 4.97. The van der Waals surface area contributed by atoms with E-state index in [2.05, 4.69) is 10.6 Å². The van der Waals surface area contributed by atoms with Gasteiger partial charge in [-0.25, -0.2) is 0 Å². The molecule has 1 aliphatic heterocycles. The van der Waals surface area contributed by atoms with Crippen LogP contribution in [0.25, 0.3) is 0 Å². The highest BCUT2D eigenvalue weighted by molar-refractivity contribution is 6.35. The SMILES string of the molecule is O=C(CCC1CCCN1)NCCc1ccc(Cl)cc1Cl. The molecular formula is C15H20Cl2N2O. The van der Waals surface area contributed by atoms with Gasteiger partial charge in [0.2, 0.25) is 5.91 Å². The Kier molecular flexibility index (Phi) is 6.14. The van der Waals surface area contributed by atoms with Crippen LogP contribution in [0.5, 0.6) is 0 Å². The predicted molar refractivity (Wildman–Crippen MR) is 83.4 cm³/mol. The van der Waals surface area contributed by atoms with E-state index in [9.17, 15) is 4.79 Å². The number of amides is 1. The number of carbonyl (C=O) groups excluding carboxylic acids is 1. The fraction of sp³-hybridized carbons (Fsp3) is 0.533. The van der Waals surface area contributed by atoms with E-state index in [0.717, 1.165) is 24.9 Å². The lowest BCUT2D eigenvalue weighted by molar-refractivity contribution is -0.121. The highest BCUT2D eigenvalue weighted by Crippen LogP contribution is 2.21. The monoisotopic (exact) mass is 314 g/mol. The minimum atomic E-state index is 0.115. The first-order valence-corrected chi connectivity index (χ1v) is 7.85. The molecule has 1 unspecified atom stereocenters. The van der Waals surface area contributed by atoms with Crippen LogP contribution in [-0.2, 0) is 11.2 Å². The van der Waals surface area contributed by atoms with E-state index in [-0.39, 0.29) is 5.91 Å². The molecule has 0 spiro atoms. The normalized spacial score (nSPS) is 18.2. The molecule has 1 aromatic carbocycles. The molecule has 20 heavy (non-hydrogen) atoms. The molecule has 1 aliphatic rings. The average molecular weight is 315 g/mol. The molecule has 0 aliphatic carbocycles. The average Bonchev–Trinajstić information content (AvgIpc) is 2.92. The Morgan fingerprint density at radius 1 is 1.40 bits per heavy atom. The van der Waals surface area contributed by atoms with Gasteiger partial charge in [0, 0.05) is 29.1 Å². The highest BCUT2D eigenvalue weighted by Gasteiger charge is 2.15. The second-order valence-corrected chi connectivity index (χ2v) is 6.01. The number of nitrogens with one attached hydrogen (secondary N) is 2. The lowest BCUT2D eigenvalue weighted by Gasteiger charge is -2.10. The summed E-state index contributed by atoms with van der Waals surface area (Å²) in [4.78, 5) is 11.7. The predicted octanol–water partition coefficient (Wildman–Crippen LogP) is 3.18. The largest absolute Gasteiger partial charge is 0.356 e. The molecule has 1 fully saturated rings. The first-order chi connectivity index (χ1) is 9.65. The molecule has 3 nitrogen and oxygen atoms in total. The van der Waals surface area contributed by atoms with E-state index in [1.54, 1.807) is 6.07 Å². The van der Waals surface area contributed by atoms with Gasteiger partial charge in [-0.05, 0) is 49.9 Å². The van der Waals surface area contributed by atoms with E-state index < -0.39 is 0 Å². The molecule has 0 radical (unpaired) electrons. The fourth-order valence-electron chi connectivity index (χ4n) is 2.46. The van der Waals surface area contributed by atoms with Crippen LogP contribution in [0, 0.1) is 0 Å². The van der Waals surface area contributed by atoms with Gasteiger partial charge < -0.3 is 10.6 Å². The third-order valence-electron chi connectivity index (χ3n) is 3.61. The Labute approximate surface area is 130 Å². The smallest absolute Gasteiger partial charge is 0.220 e. The van der Waals surface area contributed by atoms with Crippen molar-refractivity contribution in [3.05, 3.63) is 33.8 Å². The summed E-state index contributed by atoms with van der Waals surface area (Å²) in [5.41, 5.74) is 1.01. The first-order valence-electron chi connectivity index (χ1n) is 7.09. The zero-order valence-corrected chi connectivity index (χ0v) is 12.9. The molecule has 0 bridgehead atoms. The first kappa shape index (κ1) is 15.6.